The van der Waals surface area contributed by atoms with Gasteiger partial charge in [-0.15, -0.1) is 10.2 Å². The van der Waals surface area contributed by atoms with Crippen molar-refractivity contribution in [2.24, 2.45) is 0 Å². The van der Waals surface area contributed by atoms with Gasteiger partial charge in [0.25, 0.3) is 0 Å². The topological polar surface area (TPSA) is 159 Å². The molecule has 0 saturated heterocycles. The average Bonchev–Trinajstić information content (AvgIpc) is 3.65. The molecule has 13 nitrogen and oxygen atoms in total. The molecular weight excluding hydrogens is 583 g/mol. The summed E-state index contributed by atoms with van der Waals surface area (Å²) < 4.78 is 47.4. The number of aliphatic hydroxyl groups is 1. The van der Waals surface area contributed by atoms with Crippen LogP contribution in [0.5, 0.6) is 0 Å². The lowest BCUT2D eigenvalue weighted by atomic mass is 10.2. The number of alkyl halides is 3. The highest BCUT2D eigenvalue weighted by Gasteiger charge is 2.39. The highest BCUT2D eigenvalue weighted by molar-refractivity contribution is 6.30. The van der Waals surface area contributed by atoms with Crippen molar-refractivity contribution >= 4 is 23.3 Å². The first-order chi connectivity index (χ1) is 20.0. The van der Waals surface area contributed by atoms with Gasteiger partial charge < -0.3 is 14.9 Å². The van der Waals surface area contributed by atoms with Crippen LogP contribution in [0.1, 0.15) is 17.3 Å². The number of halogens is 4. The Morgan fingerprint density at radius 1 is 1.17 bits per heavy atom. The summed E-state index contributed by atoms with van der Waals surface area (Å²) >= 11 is 5.92. The van der Waals surface area contributed by atoms with Crippen LogP contribution in [-0.2, 0) is 24.3 Å². The van der Waals surface area contributed by atoms with Gasteiger partial charge in [0.2, 0.25) is 5.91 Å². The number of nitrogens with one attached hydrogen (secondary N) is 1. The zero-order chi connectivity index (χ0) is 30.0. The highest BCUT2D eigenvalue weighted by atomic mass is 35.5. The second kappa shape index (κ2) is 11.6. The van der Waals surface area contributed by atoms with Crippen molar-refractivity contribution in [3.8, 4) is 17.1 Å². The molecule has 0 aliphatic heterocycles. The van der Waals surface area contributed by atoms with E-state index in [2.05, 4.69) is 30.6 Å². The van der Waals surface area contributed by atoms with Crippen molar-refractivity contribution in [2.75, 3.05) is 5.32 Å². The summed E-state index contributed by atoms with van der Waals surface area (Å²) in [6, 6.07) is 10.8. The van der Waals surface area contributed by atoms with Crippen LogP contribution in [0, 0.1) is 6.92 Å². The first-order valence-electron chi connectivity index (χ1n) is 12.2. The summed E-state index contributed by atoms with van der Waals surface area (Å²) in [5, 5.41) is 25.0. The lowest BCUT2D eigenvalue weighted by molar-refractivity contribution is -0.207. The Labute approximate surface area is 239 Å². The van der Waals surface area contributed by atoms with Crippen molar-refractivity contribution in [2.45, 2.75) is 38.7 Å². The monoisotopic (exact) mass is 603 g/mol. The molecule has 4 heterocycles. The summed E-state index contributed by atoms with van der Waals surface area (Å²) in [4.78, 5) is 34.0. The molecule has 0 spiro atoms. The second-order valence-corrected chi connectivity index (χ2v) is 9.51. The number of nitrogens with zero attached hydrogens (tertiary/aromatic N) is 8. The van der Waals surface area contributed by atoms with Gasteiger partial charge in [0, 0.05) is 22.8 Å². The van der Waals surface area contributed by atoms with E-state index in [4.69, 9.17) is 16.1 Å². The quantitative estimate of drug-likeness (QED) is 0.258. The van der Waals surface area contributed by atoms with Gasteiger partial charge in [-0.2, -0.15) is 13.2 Å². The fourth-order valence-corrected chi connectivity index (χ4v) is 4.06. The number of anilines is 1. The molecular formula is C25H21ClF3N9O4. The van der Waals surface area contributed by atoms with Crippen LogP contribution < -0.4 is 11.0 Å². The number of carbonyl (C=O) groups excluding carboxylic acids is 1. The van der Waals surface area contributed by atoms with Gasteiger partial charge in [-0.25, -0.2) is 24.1 Å². The number of hydrogen-bond acceptors (Lipinski definition) is 9. The SMILES string of the molecule is Cc1cc(CC(=O)Nc2ncccc2-n2cnc(Cn3nc(-c4ccc(Cl)cc4)n(C[C@H](O)C(F)(F)F)c3=O)n2)on1. The minimum Gasteiger partial charge on any atom is -0.382 e. The Balaban J connectivity index is 1.40. The van der Waals surface area contributed by atoms with Gasteiger partial charge in [0.1, 0.15) is 24.3 Å². The maximum Gasteiger partial charge on any atom is 0.416 e. The molecule has 0 radical (unpaired) electrons. The lowest BCUT2D eigenvalue weighted by Gasteiger charge is -2.15. The molecule has 2 N–H and O–H groups in total. The third kappa shape index (κ3) is 6.39. The van der Waals surface area contributed by atoms with Gasteiger partial charge in [-0.05, 0) is 43.3 Å². The van der Waals surface area contributed by atoms with Crippen LogP contribution in [0.25, 0.3) is 17.1 Å². The van der Waals surface area contributed by atoms with E-state index < -0.39 is 30.4 Å². The van der Waals surface area contributed by atoms with E-state index in [1.54, 1.807) is 25.1 Å². The summed E-state index contributed by atoms with van der Waals surface area (Å²) in [5.41, 5.74) is 0.370. The van der Waals surface area contributed by atoms with E-state index in [-0.39, 0.29) is 30.4 Å². The van der Waals surface area contributed by atoms with Crippen molar-refractivity contribution in [1.82, 2.24) is 39.3 Å². The molecule has 0 aliphatic carbocycles. The van der Waals surface area contributed by atoms with Crippen molar-refractivity contribution < 1.29 is 27.6 Å². The Hall–Kier alpha value is -4.83. The average molecular weight is 604 g/mol. The molecule has 0 aliphatic rings. The molecule has 218 valence electrons. The number of carbonyl (C=O) groups is 1. The number of aliphatic hydroxyl groups excluding tert-OH is 1. The Kier molecular flexibility index (Phi) is 7.91. The van der Waals surface area contributed by atoms with Gasteiger partial charge in [-0.1, -0.05) is 16.8 Å². The van der Waals surface area contributed by atoms with Crippen LogP contribution in [0.3, 0.4) is 0 Å². The minimum atomic E-state index is -4.95. The van der Waals surface area contributed by atoms with E-state index in [1.165, 1.54) is 41.5 Å². The molecule has 4 aromatic heterocycles. The molecule has 1 atom stereocenters. The Morgan fingerprint density at radius 2 is 1.93 bits per heavy atom. The number of aromatic nitrogens is 8. The van der Waals surface area contributed by atoms with E-state index in [0.29, 0.717) is 27.7 Å². The summed E-state index contributed by atoms with van der Waals surface area (Å²) in [6.45, 7) is 0.343. The Morgan fingerprint density at radius 3 is 2.62 bits per heavy atom. The molecule has 1 aromatic carbocycles. The molecule has 5 rings (SSSR count). The largest absolute Gasteiger partial charge is 0.416 e. The molecule has 42 heavy (non-hydrogen) atoms. The van der Waals surface area contributed by atoms with Gasteiger partial charge >= 0.3 is 11.9 Å². The van der Waals surface area contributed by atoms with E-state index in [1.807, 2.05) is 0 Å². The van der Waals surface area contributed by atoms with Gasteiger partial charge in [-0.3, -0.25) is 9.36 Å². The first kappa shape index (κ1) is 28.7. The lowest BCUT2D eigenvalue weighted by Crippen LogP contribution is -2.37. The van der Waals surface area contributed by atoms with E-state index in [0.717, 1.165) is 9.25 Å². The van der Waals surface area contributed by atoms with Crippen LogP contribution in [0.2, 0.25) is 5.02 Å². The smallest absolute Gasteiger partial charge is 0.382 e. The fraction of sp³-hybridized carbons (Fsp3) is 0.240. The summed E-state index contributed by atoms with van der Waals surface area (Å²) in [6.07, 6.45) is -5.05. The summed E-state index contributed by atoms with van der Waals surface area (Å²) in [7, 11) is 0. The van der Waals surface area contributed by atoms with Crippen molar-refractivity contribution in [1.29, 1.82) is 0 Å². The zero-order valence-corrected chi connectivity index (χ0v) is 22.4. The normalized spacial score (nSPS) is 12.4. The number of hydrogen-bond donors (Lipinski definition) is 2. The zero-order valence-electron chi connectivity index (χ0n) is 21.7. The minimum absolute atomic E-state index is 0.0793. The number of rotatable bonds is 9. The molecule has 0 unspecified atom stereocenters. The van der Waals surface area contributed by atoms with Gasteiger partial charge in [0.05, 0.1) is 18.7 Å². The van der Waals surface area contributed by atoms with Crippen molar-refractivity contribution in [3.05, 3.63) is 87.8 Å². The number of benzene rings is 1. The van der Waals surface area contributed by atoms with Gasteiger partial charge in [0.15, 0.2) is 23.6 Å². The van der Waals surface area contributed by atoms with Crippen LogP contribution >= 0.6 is 11.6 Å². The highest BCUT2D eigenvalue weighted by Crippen LogP contribution is 2.24. The second-order valence-electron chi connectivity index (χ2n) is 9.07. The maximum atomic E-state index is 13.1. The molecule has 17 heteroatoms. The summed E-state index contributed by atoms with van der Waals surface area (Å²) in [5.74, 6) is 0.0934. The van der Waals surface area contributed by atoms with Crippen LogP contribution in [0.4, 0.5) is 19.0 Å². The van der Waals surface area contributed by atoms with Crippen molar-refractivity contribution in [3.63, 3.8) is 0 Å². The molecule has 1 amide bonds. The fourth-order valence-electron chi connectivity index (χ4n) is 3.93. The number of aryl methyl sites for hydroxylation is 1. The third-order valence-electron chi connectivity index (χ3n) is 5.89. The molecule has 0 saturated carbocycles. The van der Waals surface area contributed by atoms with E-state index in [9.17, 15) is 27.9 Å². The molecule has 5 aromatic rings. The third-order valence-corrected chi connectivity index (χ3v) is 6.14. The number of pyridine rings is 1. The van der Waals surface area contributed by atoms with Crippen LogP contribution in [-0.4, -0.2) is 62.5 Å². The molecule has 0 bridgehead atoms. The first-order valence-corrected chi connectivity index (χ1v) is 12.6. The maximum absolute atomic E-state index is 13.1. The standard InChI is InChI=1S/C25H21ClF3N9O4/c1-14-9-17(42-35-14)10-21(40)32-22-18(3-2-8-30-22)38-13-31-20(33-38)12-37-24(41)36(11-19(39)25(27,28)29)23(34-37)15-4-6-16(26)7-5-15/h2-9,13,19,39H,10-12H2,1H3,(H,30,32,40)/t19-/m0/s1. The predicted molar refractivity (Wildman–Crippen MR) is 141 cm³/mol. The van der Waals surface area contributed by atoms with E-state index >= 15 is 0 Å². The Bertz CT molecular complexity index is 1780. The van der Waals surface area contributed by atoms with Crippen LogP contribution in [0.15, 0.2) is 64.3 Å². The number of amides is 1. The molecule has 0 fully saturated rings. The predicted octanol–water partition coefficient (Wildman–Crippen LogP) is 2.79.